The fourth-order valence-corrected chi connectivity index (χ4v) is 3.45. The lowest BCUT2D eigenvalue weighted by Crippen LogP contribution is -2.31. The Bertz CT molecular complexity index is 636. The van der Waals surface area contributed by atoms with Crippen LogP contribution in [-0.2, 0) is 14.6 Å². The molecule has 1 aromatic heterocycles. The van der Waals surface area contributed by atoms with Crippen molar-refractivity contribution >= 4 is 37.8 Å². The van der Waals surface area contributed by atoms with E-state index in [1.165, 1.54) is 0 Å². The molecule has 0 aliphatic carbocycles. The first-order chi connectivity index (χ1) is 9.61. The third-order valence-electron chi connectivity index (χ3n) is 2.34. The predicted octanol–water partition coefficient (Wildman–Crippen LogP) is 1.39. The van der Waals surface area contributed by atoms with Crippen molar-refractivity contribution in [2.75, 3.05) is 18.1 Å². The first kappa shape index (κ1) is 17.4. The molecule has 0 aliphatic heterocycles. The molecular weight excluding hydrogens is 318 g/mol. The summed E-state index contributed by atoms with van der Waals surface area (Å²) in [5, 5.41) is 16.5. The number of thiophene rings is 1. The van der Waals surface area contributed by atoms with Crippen molar-refractivity contribution in [1.82, 2.24) is 5.32 Å². The summed E-state index contributed by atoms with van der Waals surface area (Å²) in [6.07, 6.45) is 1.13. The number of nitro groups is 1. The number of carbonyl (C=O) groups is 1. The number of rotatable bonds is 7. The minimum atomic E-state index is -3.50. The fourth-order valence-electron chi connectivity index (χ4n) is 1.49. The van der Waals surface area contributed by atoms with E-state index in [-0.39, 0.29) is 39.8 Å². The van der Waals surface area contributed by atoms with Crippen LogP contribution in [0, 0.1) is 10.1 Å². The normalized spacial score (nSPS) is 11.4. The third kappa shape index (κ3) is 5.31. The van der Waals surface area contributed by atoms with Crippen molar-refractivity contribution < 1.29 is 18.1 Å². The summed E-state index contributed by atoms with van der Waals surface area (Å²) in [6, 6.07) is 1.04. The van der Waals surface area contributed by atoms with Crippen molar-refractivity contribution in [2.45, 2.75) is 30.5 Å². The van der Waals surface area contributed by atoms with Gasteiger partial charge in [0, 0.05) is 31.3 Å². The van der Waals surface area contributed by atoms with E-state index in [9.17, 15) is 23.3 Å². The lowest BCUT2D eigenvalue weighted by Gasteiger charge is -2.08. The Hall–Kier alpha value is -1.68. The second-order valence-electron chi connectivity index (χ2n) is 4.71. The molecule has 8 nitrogen and oxygen atoms in total. The zero-order valence-electron chi connectivity index (χ0n) is 11.9. The molecule has 1 heterocycles. The summed E-state index contributed by atoms with van der Waals surface area (Å²) in [5.74, 6) is -0.181. The van der Waals surface area contributed by atoms with Crippen LogP contribution >= 0.6 is 11.3 Å². The van der Waals surface area contributed by atoms with Crippen molar-refractivity contribution in [3.63, 3.8) is 0 Å². The Labute approximate surface area is 126 Å². The van der Waals surface area contributed by atoms with Crippen LogP contribution in [0.15, 0.2) is 10.3 Å². The number of carbonyl (C=O) groups excluding carboxylic acids is 1. The summed E-state index contributed by atoms with van der Waals surface area (Å²) >= 11 is 0.788. The molecule has 0 aromatic carbocycles. The van der Waals surface area contributed by atoms with E-state index in [1.54, 1.807) is 0 Å². The van der Waals surface area contributed by atoms with E-state index in [1.807, 2.05) is 13.8 Å². The number of sulfone groups is 1. The van der Waals surface area contributed by atoms with Gasteiger partial charge in [0.1, 0.15) is 4.21 Å². The molecule has 0 unspecified atom stereocenters. The lowest BCUT2D eigenvalue weighted by molar-refractivity contribution is -0.383. The standard InChI is InChI=1S/C11H17N3O5S2/c1-7(2)13-9(15)4-5-12-11-8(14(16)17)6-10(20-11)21(3,18)19/h6-7,12H,4-5H2,1-3H3,(H,13,15). The maximum Gasteiger partial charge on any atom is 0.304 e. The van der Waals surface area contributed by atoms with Gasteiger partial charge in [-0.25, -0.2) is 8.42 Å². The number of hydrogen-bond donors (Lipinski definition) is 2. The second-order valence-corrected chi connectivity index (χ2v) is 8.00. The number of hydrogen-bond acceptors (Lipinski definition) is 7. The zero-order valence-corrected chi connectivity index (χ0v) is 13.5. The van der Waals surface area contributed by atoms with Crippen molar-refractivity contribution in [2.24, 2.45) is 0 Å². The highest BCUT2D eigenvalue weighted by atomic mass is 32.2. The SMILES string of the molecule is CC(C)NC(=O)CCNc1sc(S(C)(=O)=O)cc1[N+](=O)[O-]. The molecule has 0 atom stereocenters. The van der Waals surface area contributed by atoms with E-state index < -0.39 is 14.8 Å². The average Bonchev–Trinajstić information content (AvgIpc) is 2.71. The van der Waals surface area contributed by atoms with Crippen molar-refractivity contribution in [3.8, 4) is 0 Å². The van der Waals surface area contributed by atoms with Gasteiger partial charge in [-0.05, 0) is 13.8 Å². The van der Waals surface area contributed by atoms with Crippen molar-refractivity contribution in [1.29, 1.82) is 0 Å². The summed E-state index contributed by atoms with van der Waals surface area (Å²) in [5.41, 5.74) is -0.301. The Morgan fingerprint density at radius 2 is 2.10 bits per heavy atom. The summed E-state index contributed by atoms with van der Waals surface area (Å²) in [7, 11) is -3.50. The van der Waals surface area contributed by atoms with E-state index in [0.29, 0.717) is 0 Å². The molecule has 1 rings (SSSR count). The smallest absolute Gasteiger partial charge is 0.304 e. The second kappa shape index (κ2) is 6.85. The molecule has 0 radical (unpaired) electrons. The molecule has 0 saturated heterocycles. The molecule has 10 heteroatoms. The summed E-state index contributed by atoms with van der Waals surface area (Å²) in [4.78, 5) is 21.7. The van der Waals surface area contributed by atoms with Crippen LogP contribution < -0.4 is 10.6 Å². The first-order valence-corrected chi connectivity index (χ1v) is 8.83. The van der Waals surface area contributed by atoms with Crippen LogP contribution in [-0.4, -0.2) is 38.1 Å². The van der Waals surface area contributed by atoms with Crippen LogP contribution in [0.3, 0.4) is 0 Å². The van der Waals surface area contributed by atoms with Gasteiger partial charge in [-0.1, -0.05) is 11.3 Å². The molecule has 118 valence electrons. The molecule has 0 spiro atoms. The highest BCUT2D eigenvalue weighted by Gasteiger charge is 2.23. The van der Waals surface area contributed by atoms with Gasteiger partial charge in [-0.15, -0.1) is 0 Å². The van der Waals surface area contributed by atoms with E-state index in [0.717, 1.165) is 23.7 Å². The van der Waals surface area contributed by atoms with Crippen molar-refractivity contribution in [3.05, 3.63) is 16.2 Å². The number of amides is 1. The highest BCUT2D eigenvalue weighted by Crippen LogP contribution is 2.36. The topological polar surface area (TPSA) is 118 Å². The van der Waals surface area contributed by atoms with Crippen LogP contribution in [0.1, 0.15) is 20.3 Å². The fraction of sp³-hybridized carbons (Fsp3) is 0.545. The Morgan fingerprint density at radius 1 is 1.48 bits per heavy atom. The summed E-state index contributed by atoms with van der Waals surface area (Å²) < 4.78 is 22.8. The molecule has 1 amide bonds. The highest BCUT2D eigenvalue weighted by molar-refractivity contribution is 7.92. The van der Waals surface area contributed by atoms with Crippen LogP contribution in [0.25, 0.3) is 0 Å². The maximum absolute atomic E-state index is 11.4. The lowest BCUT2D eigenvalue weighted by atomic mass is 10.3. The Morgan fingerprint density at radius 3 is 2.57 bits per heavy atom. The van der Waals surface area contributed by atoms with Gasteiger partial charge < -0.3 is 10.6 Å². The van der Waals surface area contributed by atoms with E-state index in [4.69, 9.17) is 0 Å². The van der Waals surface area contributed by atoms with Crippen LogP contribution in [0.2, 0.25) is 0 Å². The maximum atomic E-state index is 11.4. The van der Waals surface area contributed by atoms with Gasteiger partial charge in [0.25, 0.3) is 0 Å². The quantitative estimate of drug-likeness (QED) is 0.574. The number of nitrogens with zero attached hydrogens (tertiary/aromatic N) is 1. The minimum Gasteiger partial charge on any atom is -0.371 e. The molecule has 0 aliphatic rings. The summed E-state index contributed by atoms with van der Waals surface area (Å²) in [6.45, 7) is 3.84. The molecule has 21 heavy (non-hydrogen) atoms. The van der Waals surface area contributed by atoms with Gasteiger partial charge in [0.15, 0.2) is 14.8 Å². The average molecular weight is 335 g/mol. The van der Waals surface area contributed by atoms with Gasteiger partial charge in [-0.3, -0.25) is 14.9 Å². The predicted molar refractivity (Wildman–Crippen MR) is 80.5 cm³/mol. The third-order valence-corrected chi connectivity index (χ3v) is 5.22. The number of anilines is 1. The Balaban J connectivity index is 2.77. The van der Waals surface area contributed by atoms with E-state index in [2.05, 4.69) is 10.6 Å². The molecule has 0 bridgehead atoms. The Kier molecular flexibility index (Phi) is 5.67. The first-order valence-electron chi connectivity index (χ1n) is 6.12. The van der Waals surface area contributed by atoms with Gasteiger partial charge in [-0.2, -0.15) is 0 Å². The monoisotopic (exact) mass is 335 g/mol. The van der Waals surface area contributed by atoms with Gasteiger partial charge in [0.2, 0.25) is 5.91 Å². The number of nitrogens with one attached hydrogen (secondary N) is 2. The van der Waals surface area contributed by atoms with Gasteiger partial charge in [0.05, 0.1) is 4.92 Å². The molecule has 2 N–H and O–H groups in total. The van der Waals surface area contributed by atoms with Gasteiger partial charge >= 0.3 is 5.69 Å². The molecule has 1 aromatic rings. The minimum absolute atomic E-state index is 0.0189. The van der Waals surface area contributed by atoms with Crippen LogP contribution in [0.4, 0.5) is 10.7 Å². The molecular formula is C11H17N3O5S2. The van der Waals surface area contributed by atoms with Crippen LogP contribution in [0.5, 0.6) is 0 Å². The van der Waals surface area contributed by atoms with E-state index >= 15 is 0 Å². The zero-order chi connectivity index (χ0) is 16.2. The molecule has 0 fully saturated rings. The molecule has 0 saturated carbocycles. The largest absolute Gasteiger partial charge is 0.371 e.